The van der Waals surface area contributed by atoms with Gasteiger partial charge in [-0.05, 0) is 55.8 Å². The molecule has 0 spiro atoms. The second-order valence-corrected chi connectivity index (χ2v) is 7.04. The minimum atomic E-state index is -0.200. The second-order valence-electron chi connectivity index (χ2n) is 6.60. The van der Waals surface area contributed by atoms with E-state index in [0.29, 0.717) is 6.04 Å². The third kappa shape index (κ3) is 3.35. The summed E-state index contributed by atoms with van der Waals surface area (Å²) in [5.41, 5.74) is 8.11. The number of benzene rings is 1. The van der Waals surface area contributed by atoms with Crippen LogP contribution in [-0.4, -0.2) is 42.5 Å². The fourth-order valence-electron chi connectivity index (χ4n) is 3.75. The van der Waals surface area contributed by atoms with Crippen LogP contribution in [0.15, 0.2) is 48.8 Å². The van der Waals surface area contributed by atoms with E-state index in [1.165, 1.54) is 0 Å². The quantitative estimate of drug-likeness (QED) is 0.865. The van der Waals surface area contributed by atoms with Gasteiger partial charge in [0, 0.05) is 41.7 Å². The van der Waals surface area contributed by atoms with Crippen LogP contribution in [0.1, 0.15) is 24.0 Å². The third-order valence-corrected chi connectivity index (χ3v) is 5.29. The molecule has 1 saturated heterocycles. The summed E-state index contributed by atoms with van der Waals surface area (Å²) in [5, 5.41) is 6.47. The average Bonchev–Trinajstić information content (AvgIpc) is 3.09. The molecule has 0 amide bonds. The molecule has 136 valence electrons. The lowest BCUT2D eigenvalue weighted by Crippen LogP contribution is -2.48. The van der Waals surface area contributed by atoms with Gasteiger partial charge in [0.2, 0.25) is 0 Å². The number of halogens is 1. The lowest BCUT2D eigenvalue weighted by Gasteiger charge is -2.35. The van der Waals surface area contributed by atoms with Gasteiger partial charge in [-0.25, -0.2) is 5.43 Å². The van der Waals surface area contributed by atoms with Crippen LogP contribution in [0.5, 0.6) is 0 Å². The number of rotatable bonds is 4. The standard InChI is InChI=1S/C20H23ClN4O/c1-26-20-18(14-2-4-16(21)5-3-14)19(15-6-10-22-11-7-15)25(24-20)17-8-12-23-13-9-17/h2-7,10-11,17,20,23-24H,8-9,12-13H2,1H3. The first-order valence-corrected chi connectivity index (χ1v) is 9.35. The van der Waals surface area contributed by atoms with Gasteiger partial charge in [-0.2, -0.15) is 0 Å². The molecule has 1 atom stereocenters. The largest absolute Gasteiger partial charge is 0.361 e. The SMILES string of the molecule is COC1NN(C2CCNCC2)C(c2ccncc2)=C1c1ccc(Cl)cc1. The minimum Gasteiger partial charge on any atom is -0.361 e. The Morgan fingerprint density at radius 3 is 2.38 bits per heavy atom. The van der Waals surface area contributed by atoms with Crippen molar-refractivity contribution in [1.29, 1.82) is 0 Å². The number of hydrogen-bond acceptors (Lipinski definition) is 5. The molecule has 1 aromatic carbocycles. The monoisotopic (exact) mass is 370 g/mol. The summed E-state index contributed by atoms with van der Waals surface area (Å²) in [6.07, 6.45) is 5.65. The van der Waals surface area contributed by atoms with E-state index in [1.807, 2.05) is 24.5 Å². The number of hydrogen-bond donors (Lipinski definition) is 2. The van der Waals surface area contributed by atoms with Gasteiger partial charge in [-0.15, -0.1) is 0 Å². The maximum atomic E-state index is 6.10. The molecule has 4 rings (SSSR count). The molecule has 1 unspecified atom stereocenters. The lowest BCUT2D eigenvalue weighted by atomic mass is 9.98. The fraction of sp³-hybridized carbons (Fsp3) is 0.350. The third-order valence-electron chi connectivity index (χ3n) is 5.03. The zero-order valence-electron chi connectivity index (χ0n) is 14.8. The molecule has 3 heterocycles. The summed E-state index contributed by atoms with van der Waals surface area (Å²) < 4.78 is 5.81. The Morgan fingerprint density at radius 2 is 1.73 bits per heavy atom. The van der Waals surface area contributed by atoms with Gasteiger partial charge in [0.15, 0.2) is 6.23 Å². The molecule has 5 nitrogen and oxygen atoms in total. The van der Waals surface area contributed by atoms with E-state index in [0.717, 1.165) is 53.4 Å². The van der Waals surface area contributed by atoms with E-state index in [2.05, 4.69) is 45.0 Å². The van der Waals surface area contributed by atoms with Gasteiger partial charge < -0.3 is 15.1 Å². The Hall–Kier alpha value is -1.92. The number of hydrazine groups is 1. The van der Waals surface area contributed by atoms with Gasteiger partial charge in [0.05, 0.1) is 5.70 Å². The fourth-order valence-corrected chi connectivity index (χ4v) is 3.88. The first kappa shape index (κ1) is 17.5. The Bertz CT molecular complexity index is 772. The number of pyridine rings is 1. The first-order chi connectivity index (χ1) is 12.8. The number of nitrogens with zero attached hydrogens (tertiary/aromatic N) is 2. The normalized spacial score (nSPS) is 21.5. The van der Waals surface area contributed by atoms with Gasteiger partial charge in [0.1, 0.15) is 0 Å². The molecule has 2 aromatic rings. The van der Waals surface area contributed by atoms with E-state index in [-0.39, 0.29) is 6.23 Å². The van der Waals surface area contributed by atoms with Crippen molar-refractivity contribution < 1.29 is 4.74 Å². The van der Waals surface area contributed by atoms with Crippen molar-refractivity contribution in [2.24, 2.45) is 0 Å². The topological polar surface area (TPSA) is 49.4 Å². The van der Waals surface area contributed by atoms with Crippen molar-refractivity contribution in [3.05, 3.63) is 64.9 Å². The highest BCUT2D eigenvalue weighted by molar-refractivity contribution is 6.30. The van der Waals surface area contributed by atoms with Crippen molar-refractivity contribution in [1.82, 2.24) is 20.7 Å². The highest BCUT2D eigenvalue weighted by Gasteiger charge is 2.37. The highest BCUT2D eigenvalue weighted by Crippen LogP contribution is 2.38. The van der Waals surface area contributed by atoms with Crippen LogP contribution < -0.4 is 10.7 Å². The number of aromatic nitrogens is 1. The molecule has 2 N–H and O–H groups in total. The molecule has 0 radical (unpaired) electrons. The maximum absolute atomic E-state index is 6.10. The van der Waals surface area contributed by atoms with E-state index in [1.54, 1.807) is 7.11 Å². The smallest absolute Gasteiger partial charge is 0.152 e. The zero-order chi connectivity index (χ0) is 17.9. The number of ether oxygens (including phenoxy) is 1. The van der Waals surface area contributed by atoms with Crippen LogP contribution >= 0.6 is 11.6 Å². The molecule has 1 fully saturated rings. The molecular weight excluding hydrogens is 348 g/mol. The van der Waals surface area contributed by atoms with Crippen LogP contribution in [0.2, 0.25) is 5.02 Å². The van der Waals surface area contributed by atoms with Crippen LogP contribution in [0.25, 0.3) is 11.3 Å². The van der Waals surface area contributed by atoms with Crippen molar-refractivity contribution in [3.8, 4) is 0 Å². The van der Waals surface area contributed by atoms with Crippen LogP contribution in [-0.2, 0) is 4.74 Å². The van der Waals surface area contributed by atoms with E-state index >= 15 is 0 Å². The Kier molecular flexibility index (Phi) is 5.22. The van der Waals surface area contributed by atoms with E-state index in [4.69, 9.17) is 16.3 Å². The van der Waals surface area contributed by atoms with Crippen LogP contribution in [0.3, 0.4) is 0 Å². The molecule has 1 aromatic heterocycles. The number of piperidine rings is 1. The van der Waals surface area contributed by atoms with Gasteiger partial charge in [-0.1, -0.05) is 23.7 Å². The minimum absolute atomic E-state index is 0.200. The van der Waals surface area contributed by atoms with Crippen molar-refractivity contribution in [3.63, 3.8) is 0 Å². The van der Waals surface area contributed by atoms with Gasteiger partial charge in [-0.3, -0.25) is 4.98 Å². The van der Waals surface area contributed by atoms with E-state index in [9.17, 15) is 0 Å². The van der Waals surface area contributed by atoms with Gasteiger partial charge >= 0.3 is 0 Å². The van der Waals surface area contributed by atoms with Crippen molar-refractivity contribution in [2.75, 3.05) is 20.2 Å². The molecule has 2 aliphatic rings. The predicted octanol–water partition coefficient (Wildman–Crippen LogP) is 3.15. The zero-order valence-corrected chi connectivity index (χ0v) is 15.5. The first-order valence-electron chi connectivity index (χ1n) is 8.97. The molecule has 0 bridgehead atoms. The average molecular weight is 371 g/mol. The van der Waals surface area contributed by atoms with Crippen LogP contribution in [0, 0.1) is 0 Å². The molecular formula is C20H23ClN4O. The van der Waals surface area contributed by atoms with Crippen molar-refractivity contribution >= 4 is 22.9 Å². The Balaban J connectivity index is 1.84. The molecule has 0 saturated carbocycles. The summed E-state index contributed by atoms with van der Waals surface area (Å²) in [6, 6.07) is 12.5. The predicted molar refractivity (Wildman–Crippen MR) is 104 cm³/mol. The molecule has 2 aliphatic heterocycles. The van der Waals surface area contributed by atoms with Crippen LogP contribution in [0.4, 0.5) is 0 Å². The summed E-state index contributed by atoms with van der Waals surface area (Å²) in [7, 11) is 1.74. The second kappa shape index (κ2) is 7.76. The summed E-state index contributed by atoms with van der Waals surface area (Å²) in [4.78, 5) is 4.18. The summed E-state index contributed by atoms with van der Waals surface area (Å²) in [6.45, 7) is 2.06. The summed E-state index contributed by atoms with van der Waals surface area (Å²) in [5.74, 6) is 0. The Morgan fingerprint density at radius 1 is 1.04 bits per heavy atom. The lowest BCUT2D eigenvalue weighted by molar-refractivity contribution is 0.0562. The molecule has 0 aliphatic carbocycles. The number of methoxy groups -OCH3 is 1. The Labute approximate surface area is 159 Å². The maximum Gasteiger partial charge on any atom is 0.152 e. The number of nitrogens with one attached hydrogen (secondary N) is 2. The highest BCUT2D eigenvalue weighted by atomic mass is 35.5. The van der Waals surface area contributed by atoms with Gasteiger partial charge in [0.25, 0.3) is 0 Å². The molecule has 26 heavy (non-hydrogen) atoms. The molecule has 6 heteroatoms. The van der Waals surface area contributed by atoms with Crippen molar-refractivity contribution in [2.45, 2.75) is 25.1 Å². The summed E-state index contributed by atoms with van der Waals surface area (Å²) >= 11 is 6.10. The van der Waals surface area contributed by atoms with E-state index < -0.39 is 0 Å².